The highest BCUT2D eigenvalue weighted by Crippen LogP contribution is 2.31. The predicted molar refractivity (Wildman–Crippen MR) is 78.5 cm³/mol. The third-order valence-electron chi connectivity index (χ3n) is 4.16. The Morgan fingerprint density at radius 1 is 1.39 bits per heavy atom. The van der Waals surface area contributed by atoms with E-state index < -0.39 is 0 Å². The number of likely N-dealkylation sites (N-methyl/N-ethyl adjacent to an activating group) is 1. The average molecular weight is 249 g/mol. The number of rotatable bonds is 7. The van der Waals surface area contributed by atoms with Crippen LogP contribution in [0.25, 0.3) is 0 Å². The van der Waals surface area contributed by atoms with Crippen LogP contribution in [0, 0.1) is 0 Å². The summed E-state index contributed by atoms with van der Waals surface area (Å²) >= 11 is 0. The first-order valence-corrected chi connectivity index (χ1v) is 6.91. The second-order valence-corrected chi connectivity index (χ2v) is 4.98. The van der Waals surface area contributed by atoms with E-state index in [-0.39, 0.29) is 5.54 Å². The van der Waals surface area contributed by atoms with Crippen molar-refractivity contribution in [1.82, 2.24) is 4.90 Å². The number of methoxy groups -OCH3 is 1. The molecule has 0 spiro atoms. The van der Waals surface area contributed by atoms with Crippen molar-refractivity contribution in [3.8, 4) is 0 Å². The Morgan fingerprint density at radius 3 is 2.50 bits per heavy atom. The molecule has 0 N–H and O–H groups in total. The van der Waals surface area contributed by atoms with E-state index in [1.165, 1.54) is 12.0 Å². The van der Waals surface area contributed by atoms with Crippen molar-refractivity contribution in [2.45, 2.75) is 45.1 Å². The van der Waals surface area contributed by atoms with Crippen molar-refractivity contribution in [3.05, 3.63) is 36.1 Å². The fourth-order valence-electron chi connectivity index (χ4n) is 2.80. The third-order valence-corrected chi connectivity index (χ3v) is 4.16. The lowest BCUT2D eigenvalue weighted by atomic mass is 9.88. The second kappa shape index (κ2) is 6.79. The van der Waals surface area contributed by atoms with Crippen molar-refractivity contribution in [3.63, 3.8) is 0 Å². The molecule has 0 fully saturated rings. The van der Waals surface area contributed by atoms with Crippen LogP contribution in [0.5, 0.6) is 0 Å². The Balaban J connectivity index is 2.82. The maximum absolute atomic E-state index is 5.43. The summed E-state index contributed by atoms with van der Waals surface area (Å²) in [5.74, 6) is 0.871. The Kier molecular flexibility index (Phi) is 5.67. The molecule has 0 saturated carbocycles. The van der Waals surface area contributed by atoms with Gasteiger partial charge in [0.2, 0.25) is 0 Å². The lowest BCUT2D eigenvalue weighted by molar-refractivity contribution is 0.0864. The minimum atomic E-state index is -0.0547. The first-order chi connectivity index (χ1) is 8.60. The summed E-state index contributed by atoms with van der Waals surface area (Å²) in [6.07, 6.45) is 11.2. The Morgan fingerprint density at radius 2 is 2.06 bits per heavy atom. The van der Waals surface area contributed by atoms with Crippen LogP contribution in [-0.2, 0) is 4.74 Å². The molecule has 0 aromatic carbocycles. The molecule has 0 amide bonds. The van der Waals surface area contributed by atoms with Gasteiger partial charge in [0.1, 0.15) is 5.76 Å². The SMILES string of the molecule is C=C(OC)C(CC)(CC)N(C)CC1=CCCC=C1. The summed E-state index contributed by atoms with van der Waals surface area (Å²) in [5, 5.41) is 0. The standard InChI is InChI=1S/C16H27NO/c1-6-16(7-2,14(3)18-5)17(4)13-15-11-9-8-10-12-15/h9,11-12H,3,6-8,10,13H2,1-2,4-5H3. The maximum Gasteiger partial charge on any atom is 0.109 e. The van der Waals surface area contributed by atoms with Gasteiger partial charge in [0.15, 0.2) is 0 Å². The van der Waals surface area contributed by atoms with E-state index in [9.17, 15) is 0 Å². The van der Waals surface area contributed by atoms with Crippen LogP contribution in [-0.4, -0.2) is 31.1 Å². The van der Waals surface area contributed by atoms with Crippen molar-refractivity contribution in [2.75, 3.05) is 20.7 Å². The summed E-state index contributed by atoms with van der Waals surface area (Å²) in [5.41, 5.74) is 1.35. The van der Waals surface area contributed by atoms with Crippen LogP contribution < -0.4 is 0 Å². The first kappa shape index (κ1) is 15.0. The Bertz CT molecular complexity index is 337. The van der Waals surface area contributed by atoms with Crippen molar-refractivity contribution < 1.29 is 4.74 Å². The van der Waals surface area contributed by atoms with Crippen LogP contribution in [0.1, 0.15) is 39.5 Å². The molecular formula is C16H27NO. The Hall–Kier alpha value is -1.02. The number of allylic oxidation sites excluding steroid dienone is 2. The topological polar surface area (TPSA) is 12.5 Å². The summed E-state index contributed by atoms with van der Waals surface area (Å²) in [6, 6.07) is 0. The van der Waals surface area contributed by atoms with Crippen LogP contribution in [0.15, 0.2) is 36.1 Å². The molecule has 0 saturated heterocycles. The highest BCUT2D eigenvalue weighted by molar-refractivity contribution is 5.25. The molecule has 0 aliphatic heterocycles. The molecule has 2 nitrogen and oxygen atoms in total. The van der Waals surface area contributed by atoms with Gasteiger partial charge in [0.05, 0.1) is 12.6 Å². The number of ether oxygens (including phenoxy) is 1. The molecule has 0 heterocycles. The number of hydrogen-bond acceptors (Lipinski definition) is 2. The molecule has 1 aliphatic rings. The van der Waals surface area contributed by atoms with E-state index in [1.807, 2.05) is 0 Å². The van der Waals surface area contributed by atoms with Crippen LogP contribution in [0.2, 0.25) is 0 Å². The smallest absolute Gasteiger partial charge is 0.109 e. The summed E-state index contributed by atoms with van der Waals surface area (Å²) in [6.45, 7) is 9.47. The minimum Gasteiger partial charge on any atom is -0.500 e. The van der Waals surface area contributed by atoms with Crippen molar-refractivity contribution >= 4 is 0 Å². The maximum atomic E-state index is 5.43. The molecule has 0 aromatic heterocycles. The fourth-order valence-corrected chi connectivity index (χ4v) is 2.80. The number of hydrogen-bond donors (Lipinski definition) is 0. The summed E-state index contributed by atoms with van der Waals surface area (Å²) < 4.78 is 5.43. The molecule has 0 bridgehead atoms. The molecule has 0 radical (unpaired) electrons. The minimum absolute atomic E-state index is 0.0547. The molecule has 2 heteroatoms. The van der Waals surface area contributed by atoms with E-state index in [0.717, 1.165) is 31.6 Å². The fraction of sp³-hybridized carbons (Fsp3) is 0.625. The van der Waals surface area contributed by atoms with Crippen LogP contribution in [0.3, 0.4) is 0 Å². The molecule has 0 aromatic rings. The summed E-state index contributed by atoms with van der Waals surface area (Å²) in [4.78, 5) is 2.38. The highest BCUT2D eigenvalue weighted by Gasteiger charge is 2.35. The monoisotopic (exact) mass is 249 g/mol. The zero-order chi connectivity index (χ0) is 13.6. The molecule has 0 atom stereocenters. The van der Waals surface area contributed by atoms with E-state index in [0.29, 0.717) is 0 Å². The van der Waals surface area contributed by atoms with E-state index in [4.69, 9.17) is 4.74 Å². The normalized spacial score (nSPS) is 15.7. The molecule has 0 unspecified atom stereocenters. The van der Waals surface area contributed by atoms with Gasteiger partial charge in [0, 0.05) is 6.54 Å². The van der Waals surface area contributed by atoms with Gasteiger partial charge < -0.3 is 4.74 Å². The van der Waals surface area contributed by atoms with E-state index in [2.05, 4.69) is 50.6 Å². The van der Waals surface area contributed by atoms with Gasteiger partial charge in [0.25, 0.3) is 0 Å². The third kappa shape index (κ3) is 3.05. The lowest BCUT2D eigenvalue weighted by Gasteiger charge is -2.41. The van der Waals surface area contributed by atoms with E-state index in [1.54, 1.807) is 7.11 Å². The van der Waals surface area contributed by atoms with Crippen molar-refractivity contribution in [1.29, 1.82) is 0 Å². The molecule has 1 rings (SSSR count). The highest BCUT2D eigenvalue weighted by atomic mass is 16.5. The van der Waals surface area contributed by atoms with Gasteiger partial charge in [-0.2, -0.15) is 0 Å². The second-order valence-electron chi connectivity index (χ2n) is 4.98. The van der Waals surface area contributed by atoms with Gasteiger partial charge >= 0.3 is 0 Å². The van der Waals surface area contributed by atoms with Gasteiger partial charge in [-0.3, -0.25) is 4.90 Å². The molecule has 102 valence electrons. The van der Waals surface area contributed by atoms with Crippen molar-refractivity contribution in [2.24, 2.45) is 0 Å². The summed E-state index contributed by atoms with van der Waals surface area (Å²) in [7, 11) is 3.89. The lowest BCUT2D eigenvalue weighted by Crippen LogP contribution is -2.48. The molecule has 18 heavy (non-hydrogen) atoms. The zero-order valence-electron chi connectivity index (χ0n) is 12.3. The van der Waals surface area contributed by atoms with E-state index >= 15 is 0 Å². The Labute approximate surface area is 112 Å². The largest absolute Gasteiger partial charge is 0.500 e. The van der Waals surface area contributed by atoms with Crippen LogP contribution in [0.4, 0.5) is 0 Å². The number of nitrogens with zero attached hydrogens (tertiary/aromatic N) is 1. The first-order valence-electron chi connectivity index (χ1n) is 6.91. The van der Waals surface area contributed by atoms with Gasteiger partial charge in [-0.25, -0.2) is 0 Å². The average Bonchev–Trinajstić information content (AvgIpc) is 2.41. The molecule has 1 aliphatic carbocycles. The van der Waals surface area contributed by atoms with Gasteiger partial charge in [-0.05, 0) is 38.3 Å². The zero-order valence-corrected chi connectivity index (χ0v) is 12.3. The quantitative estimate of drug-likeness (QED) is 0.634. The molecular weight excluding hydrogens is 222 g/mol. The van der Waals surface area contributed by atoms with Gasteiger partial charge in [-0.1, -0.05) is 38.7 Å². The van der Waals surface area contributed by atoms with Crippen LogP contribution >= 0.6 is 0 Å². The van der Waals surface area contributed by atoms with Gasteiger partial charge in [-0.15, -0.1) is 0 Å². The predicted octanol–water partition coefficient (Wildman–Crippen LogP) is 3.91.